The third kappa shape index (κ3) is 3.29. The molecular weight excluding hydrogens is 295 g/mol. The fourth-order valence-electron chi connectivity index (χ4n) is 2.34. The van der Waals surface area contributed by atoms with Gasteiger partial charge in [0.25, 0.3) is 0 Å². The van der Waals surface area contributed by atoms with E-state index >= 15 is 0 Å². The molecule has 0 amide bonds. The standard InChI is InChI=1S/C17H21BO5/c1-16(2)17(3,4)23-18(22-16)14(11-21)8-15-12(9-19)6-5-7-13(15)10-20/h5-10,21H,11H2,1-4H3. The summed E-state index contributed by atoms with van der Waals surface area (Å²) in [5.41, 5.74) is 0.583. The van der Waals surface area contributed by atoms with Crippen LogP contribution in [0.4, 0.5) is 0 Å². The summed E-state index contributed by atoms with van der Waals surface area (Å²) in [6.45, 7) is 7.36. The van der Waals surface area contributed by atoms with Crippen LogP contribution in [0.1, 0.15) is 54.0 Å². The summed E-state index contributed by atoms with van der Waals surface area (Å²) < 4.78 is 11.8. The highest BCUT2D eigenvalue weighted by Crippen LogP contribution is 2.38. The number of rotatable bonds is 5. The second-order valence-electron chi connectivity index (χ2n) is 6.55. The molecule has 0 atom stereocenters. The van der Waals surface area contributed by atoms with Gasteiger partial charge in [-0.25, -0.2) is 0 Å². The lowest BCUT2D eigenvalue weighted by Gasteiger charge is -2.32. The number of hydrogen-bond acceptors (Lipinski definition) is 5. The van der Waals surface area contributed by atoms with Crippen LogP contribution in [-0.2, 0) is 9.31 Å². The number of carbonyl (C=O) groups excluding carboxylic acids is 2. The number of aliphatic hydroxyl groups excluding tert-OH is 1. The van der Waals surface area contributed by atoms with Crippen molar-refractivity contribution in [3.63, 3.8) is 0 Å². The van der Waals surface area contributed by atoms with E-state index in [1.54, 1.807) is 24.3 Å². The summed E-state index contributed by atoms with van der Waals surface area (Å²) in [6.07, 6.45) is 2.95. The predicted molar refractivity (Wildman–Crippen MR) is 88.4 cm³/mol. The van der Waals surface area contributed by atoms with E-state index in [9.17, 15) is 14.7 Å². The summed E-state index contributed by atoms with van der Waals surface area (Å²) in [6, 6.07) is 4.87. The maximum atomic E-state index is 11.2. The molecule has 6 heteroatoms. The van der Waals surface area contributed by atoms with Crippen LogP contribution in [-0.4, -0.2) is 42.6 Å². The summed E-state index contributed by atoms with van der Waals surface area (Å²) >= 11 is 0. The second kappa shape index (κ2) is 6.39. The van der Waals surface area contributed by atoms with E-state index in [4.69, 9.17) is 9.31 Å². The Labute approximate surface area is 136 Å². The predicted octanol–water partition coefficient (Wildman–Crippen LogP) is 2.32. The molecule has 122 valence electrons. The van der Waals surface area contributed by atoms with Gasteiger partial charge in [0.1, 0.15) is 0 Å². The molecule has 1 fully saturated rings. The van der Waals surface area contributed by atoms with Gasteiger partial charge in [0.05, 0.1) is 17.8 Å². The fourth-order valence-corrected chi connectivity index (χ4v) is 2.34. The van der Waals surface area contributed by atoms with Crippen LogP contribution >= 0.6 is 0 Å². The van der Waals surface area contributed by atoms with Gasteiger partial charge in [-0.05, 0) is 38.7 Å². The van der Waals surface area contributed by atoms with Crippen molar-refractivity contribution in [1.29, 1.82) is 0 Å². The van der Waals surface area contributed by atoms with Crippen LogP contribution in [0.15, 0.2) is 23.7 Å². The Balaban J connectivity index is 2.45. The van der Waals surface area contributed by atoms with Gasteiger partial charge in [0.15, 0.2) is 12.6 Å². The number of carbonyl (C=O) groups is 2. The van der Waals surface area contributed by atoms with Crippen molar-refractivity contribution in [1.82, 2.24) is 0 Å². The lowest BCUT2D eigenvalue weighted by atomic mass is 9.77. The zero-order valence-electron chi connectivity index (χ0n) is 13.8. The first-order valence-electron chi connectivity index (χ1n) is 7.46. The van der Waals surface area contributed by atoms with Crippen LogP contribution in [0.5, 0.6) is 0 Å². The normalized spacial score (nSPS) is 19.7. The third-order valence-electron chi connectivity index (χ3n) is 4.50. The fraction of sp³-hybridized carbons (Fsp3) is 0.412. The van der Waals surface area contributed by atoms with E-state index in [1.165, 1.54) is 0 Å². The summed E-state index contributed by atoms with van der Waals surface area (Å²) in [5.74, 6) is 0. The SMILES string of the molecule is CC1(C)OB(C(=Cc2c(C=O)cccc2C=O)CO)OC1(C)C. The molecule has 5 nitrogen and oxygen atoms in total. The molecule has 0 saturated carbocycles. The van der Waals surface area contributed by atoms with Gasteiger partial charge in [0.2, 0.25) is 0 Å². The van der Waals surface area contributed by atoms with Crippen molar-refractivity contribution >= 4 is 25.8 Å². The zero-order chi connectivity index (χ0) is 17.3. The van der Waals surface area contributed by atoms with Crippen molar-refractivity contribution in [3.8, 4) is 0 Å². The second-order valence-corrected chi connectivity index (χ2v) is 6.55. The molecule has 0 aliphatic carbocycles. The van der Waals surface area contributed by atoms with Crippen LogP contribution < -0.4 is 0 Å². The molecule has 2 rings (SSSR count). The van der Waals surface area contributed by atoms with E-state index in [1.807, 2.05) is 27.7 Å². The Hall–Kier alpha value is -1.76. The van der Waals surface area contributed by atoms with Crippen LogP contribution in [0, 0.1) is 0 Å². The van der Waals surface area contributed by atoms with E-state index in [-0.39, 0.29) is 6.61 Å². The molecule has 1 aromatic rings. The minimum absolute atomic E-state index is 0.303. The minimum atomic E-state index is -0.732. The molecule has 0 bridgehead atoms. The van der Waals surface area contributed by atoms with Gasteiger partial charge >= 0.3 is 7.12 Å². The maximum Gasteiger partial charge on any atom is 0.492 e. The van der Waals surface area contributed by atoms with Crippen LogP contribution in [0.25, 0.3) is 6.08 Å². The van der Waals surface area contributed by atoms with Crippen molar-refractivity contribution in [2.45, 2.75) is 38.9 Å². The van der Waals surface area contributed by atoms with Gasteiger partial charge in [0, 0.05) is 11.1 Å². The molecule has 23 heavy (non-hydrogen) atoms. The number of hydrogen-bond donors (Lipinski definition) is 1. The largest absolute Gasteiger partial charge is 0.492 e. The van der Waals surface area contributed by atoms with Gasteiger partial charge in [-0.15, -0.1) is 0 Å². The molecule has 1 aliphatic heterocycles. The molecule has 1 N–H and O–H groups in total. The monoisotopic (exact) mass is 316 g/mol. The van der Waals surface area contributed by atoms with Crippen LogP contribution in [0.3, 0.4) is 0 Å². The Morgan fingerprint density at radius 1 is 1.09 bits per heavy atom. The van der Waals surface area contributed by atoms with Gasteiger partial charge < -0.3 is 14.4 Å². The maximum absolute atomic E-state index is 11.2. The van der Waals surface area contributed by atoms with Crippen molar-refractivity contribution < 1.29 is 24.0 Å². The number of aliphatic hydroxyl groups is 1. The highest BCUT2D eigenvalue weighted by atomic mass is 16.7. The third-order valence-corrected chi connectivity index (χ3v) is 4.50. The highest BCUT2D eigenvalue weighted by Gasteiger charge is 2.52. The molecule has 1 heterocycles. The first kappa shape index (κ1) is 17.6. The summed E-state index contributed by atoms with van der Waals surface area (Å²) in [7, 11) is -0.732. The van der Waals surface area contributed by atoms with Crippen LogP contribution in [0.2, 0.25) is 0 Å². The molecule has 1 aromatic carbocycles. The van der Waals surface area contributed by atoms with Crippen molar-refractivity contribution in [3.05, 3.63) is 40.4 Å². The number of aldehydes is 2. The molecule has 0 aromatic heterocycles. The lowest BCUT2D eigenvalue weighted by molar-refractivity contribution is 0.00578. The quantitative estimate of drug-likeness (QED) is 0.667. The van der Waals surface area contributed by atoms with E-state index in [2.05, 4.69) is 0 Å². The average Bonchev–Trinajstić information content (AvgIpc) is 2.72. The van der Waals surface area contributed by atoms with Crippen molar-refractivity contribution in [2.24, 2.45) is 0 Å². The summed E-state index contributed by atoms with van der Waals surface area (Å²) in [4.78, 5) is 22.4. The topological polar surface area (TPSA) is 72.8 Å². The van der Waals surface area contributed by atoms with Gasteiger partial charge in [-0.3, -0.25) is 9.59 Å². The van der Waals surface area contributed by atoms with Gasteiger partial charge in [-0.2, -0.15) is 0 Å². The van der Waals surface area contributed by atoms with E-state index in [0.717, 1.165) is 0 Å². The Bertz CT molecular complexity index is 606. The lowest BCUT2D eigenvalue weighted by Crippen LogP contribution is -2.41. The summed E-state index contributed by atoms with van der Waals surface area (Å²) in [5, 5.41) is 9.71. The number of benzene rings is 1. The average molecular weight is 316 g/mol. The molecular formula is C17H21BO5. The molecule has 0 unspecified atom stereocenters. The molecule has 1 aliphatic rings. The zero-order valence-corrected chi connectivity index (χ0v) is 13.8. The smallest absolute Gasteiger partial charge is 0.400 e. The van der Waals surface area contributed by atoms with E-state index < -0.39 is 18.3 Å². The van der Waals surface area contributed by atoms with Crippen molar-refractivity contribution in [2.75, 3.05) is 6.61 Å². The Morgan fingerprint density at radius 2 is 1.57 bits per heavy atom. The highest BCUT2D eigenvalue weighted by molar-refractivity contribution is 6.55. The molecule has 0 spiro atoms. The Morgan fingerprint density at radius 3 is 1.96 bits per heavy atom. The minimum Gasteiger partial charge on any atom is -0.400 e. The molecule has 1 saturated heterocycles. The van der Waals surface area contributed by atoms with Gasteiger partial charge in [-0.1, -0.05) is 24.3 Å². The first-order chi connectivity index (χ1) is 10.8. The first-order valence-corrected chi connectivity index (χ1v) is 7.46. The molecule has 0 radical (unpaired) electrons. The Kier molecular flexibility index (Phi) is 4.89. The van der Waals surface area contributed by atoms with E-state index in [0.29, 0.717) is 34.7 Å².